The number of benzene rings is 3. The van der Waals surface area contributed by atoms with E-state index in [2.05, 4.69) is 56.8 Å². The number of anilines is 1. The summed E-state index contributed by atoms with van der Waals surface area (Å²) < 4.78 is 12.7. The van der Waals surface area contributed by atoms with Crippen LogP contribution in [0.3, 0.4) is 0 Å². The van der Waals surface area contributed by atoms with Crippen molar-refractivity contribution < 1.29 is 14.3 Å². The minimum Gasteiger partial charge on any atom is -0.497 e. The number of hydrogen-bond donors (Lipinski definition) is 1. The van der Waals surface area contributed by atoms with E-state index in [-0.39, 0.29) is 5.91 Å². The van der Waals surface area contributed by atoms with Crippen LogP contribution in [0.2, 0.25) is 0 Å². The topological polar surface area (TPSA) is 94.4 Å². The van der Waals surface area contributed by atoms with Crippen molar-refractivity contribution >= 4 is 22.6 Å². The van der Waals surface area contributed by atoms with Gasteiger partial charge in [0.2, 0.25) is 5.91 Å². The van der Waals surface area contributed by atoms with E-state index in [0.717, 1.165) is 74.7 Å². The molecule has 6 rings (SSSR count). The van der Waals surface area contributed by atoms with Crippen molar-refractivity contribution in [1.82, 2.24) is 24.6 Å². The third-order valence-corrected chi connectivity index (χ3v) is 7.93. The Bertz CT molecular complexity index is 1780. The molecule has 9 heteroatoms. The number of rotatable bonds is 11. The first-order chi connectivity index (χ1) is 20.9. The Morgan fingerprint density at radius 1 is 1.00 bits per heavy atom. The molecule has 5 aromatic rings. The Morgan fingerprint density at radius 2 is 1.84 bits per heavy atom. The molecule has 0 saturated heterocycles. The number of nitrogens with one attached hydrogen (secondary N) is 1. The maximum atomic E-state index is 13.4. The van der Waals surface area contributed by atoms with Crippen LogP contribution in [0.5, 0.6) is 11.5 Å². The third kappa shape index (κ3) is 6.30. The van der Waals surface area contributed by atoms with E-state index in [1.165, 1.54) is 0 Å². The van der Waals surface area contributed by atoms with Crippen LogP contribution in [0, 0.1) is 6.92 Å². The van der Waals surface area contributed by atoms with Crippen LogP contribution in [0.15, 0.2) is 73.1 Å². The van der Waals surface area contributed by atoms with Crippen LogP contribution >= 0.6 is 0 Å². The summed E-state index contributed by atoms with van der Waals surface area (Å²) >= 11 is 0. The second-order valence-electron chi connectivity index (χ2n) is 11.0. The standard InChI is InChI=1S/C34H36N6O3/c1-22-14-28(39(2)38-22)17-33(41)40(27-10-11-27)20-23-6-5-7-24(15-23)25-9-13-31-30(16-25)34(37-21-36-31)35-19-26-8-12-29(42-3)18-32(26)43-4/h5-9,12-16,18,21,27H,10-11,17,19-20H2,1-4H3,(H,35,36,37). The maximum absolute atomic E-state index is 13.4. The summed E-state index contributed by atoms with van der Waals surface area (Å²) in [6.07, 6.45) is 4.04. The average Bonchev–Trinajstić information content (AvgIpc) is 3.82. The molecule has 43 heavy (non-hydrogen) atoms. The lowest BCUT2D eigenvalue weighted by atomic mass is 10.0. The van der Waals surface area contributed by atoms with Gasteiger partial charge in [-0.05, 0) is 72.9 Å². The zero-order valence-corrected chi connectivity index (χ0v) is 25.0. The summed E-state index contributed by atoms with van der Waals surface area (Å²) in [5.74, 6) is 2.38. The number of carbonyl (C=O) groups excluding carboxylic acids is 1. The molecule has 9 nitrogen and oxygen atoms in total. The Labute approximate surface area is 251 Å². The first-order valence-electron chi connectivity index (χ1n) is 14.5. The van der Waals surface area contributed by atoms with Gasteiger partial charge in [-0.3, -0.25) is 9.48 Å². The Kier molecular flexibility index (Phi) is 7.96. The minimum atomic E-state index is 0.142. The fourth-order valence-electron chi connectivity index (χ4n) is 5.49. The lowest BCUT2D eigenvalue weighted by molar-refractivity contribution is -0.131. The molecule has 220 valence electrons. The number of aryl methyl sites for hydroxylation is 2. The Morgan fingerprint density at radius 3 is 2.58 bits per heavy atom. The molecular weight excluding hydrogens is 540 g/mol. The van der Waals surface area contributed by atoms with Crippen LogP contribution in [0.4, 0.5) is 5.82 Å². The van der Waals surface area contributed by atoms with Gasteiger partial charge in [-0.25, -0.2) is 9.97 Å². The van der Waals surface area contributed by atoms with E-state index in [1.54, 1.807) is 25.2 Å². The largest absolute Gasteiger partial charge is 0.497 e. The van der Waals surface area contributed by atoms with Crippen LogP contribution in [0.25, 0.3) is 22.0 Å². The molecule has 1 saturated carbocycles. The molecule has 1 aliphatic carbocycles. The smallest absolute Gasteiger partial charge is 0.229 e. The highest BCUT2D eigenvalue weighted by molar-refractivity contribution is 5.92. The predicted molar refractivity (Wildman–Crippen MR) is 167 cm³/mol. The molecule has 2 heterocycles. The van der Waals surface area contributed by atoms with Crippen LogP contribution < -0.4 is 14.8 Å². The second-order valence-corrected chi connectivity index (χ2v) is 11.0. The van der Waals surface area contributed by atoms with E-state index in [0.29, 0.717) is 25.6 Å². The average molecular weight is 577 g/mol. The molecule has 0 bridgehead atoms. The van der Waals surface area contributed by atoms with Gasteiger partial charge in [0, 0.05) is 48.9 Å². The van der Waals surface area contributed by atoms with Crippen molar-refractivity contribution in [2.45, 2.75) is 45.3 Å². The molecule has 0 atom stereocenters. The van der Waals surface area contributed by atoms with Crippen molar-refractivity contribution in [2.24, 2.45) is 7.05 Å². The number of ether oxygens (including phenoxy) is 2. The molecular formula is C34H36N6O3. The zero-order chi connectivity index (χ0) is 29.9. The summed E-state index contributed by atoms with van der Waals surface area (Å²) in [4.78, 5) is 24.5. The van der Waals surface area contributed by atoms with Gasteiger partial charge in [0.05, 0.1) is 31.9 Å². The zero-order valence-electron chi connectivity index (χ0n) is 25.0. The van der Waals surface area contributed by atoms with E-state index < -0.39 is 0 Å². The molecule has 1 aliphatic rings. The number of carbonyl (C=O) groups is 1. The number of amides is 1. The maximum Gasteiger partial charge on any atom is 0.229 e. The van der Waals surface area contributed by atoms with Crippen molar-refractivity contribution in [1.29, 1.82) is 0 Å². The van der Waals surface area contributed by atoms with Crippen molar-refractivity contribution in [2.75, 3.05) is 19.5 Å². The van der Waals surface area contributed by atoms with Gasteiger partial charge in [-0.15, -0.1) is 0 Å². The lowest BCUT2D eigenvalue weighted by Gasteiger charge is -2.23. The first kappa shape index (κ1) is 28.2. The molecule has 1 amide bonds. The van der Waals surface area contributed by atoms with E-state index in [1.807, 2.05) is 49.2 Å². The molecule has 0 unspecified atom stereocenters. The van der Waals surface area contributed by atoms with Crippen LogP contribution in [0.1, 0.15) is 35.4 Å². The number of fused-ring (bicyclic) bond motifs is 1. The highest BCUT2D eigenvalue weighted by Gasteiger charge is 2.32. The summed E-state index contributed by atoms with van der Waals surface area (Å²) in [7, 11) is 5.19. The quantitative estimate of drug-likeness (QED) is 0.216. The molecule has 1 N–H and O–H groups in total. The highest BCUT2D eigenvalue weighted by Crippen LogP contribution is 2.32. The van der Waals surface area contributed by atoms with Gasteiger partial charge in [-0.2, -0.15) is 5.10 Å². The van der Waals surface area contributed by atoms with E-state index >= 15 is 0 Å². The van der Waals surface area contributed by atoms with Gasteiger partial charge in [0.1, 0.15) is 23.6 Å². The molecule has 0 aliphatic heterocycles. The second kappa shape index (κ2) is 12.1. The fourth-order valence-corrected chi connectivity index (χ4v) is 5.49. The summed E-state index contributed by atoms with van der Waals surface area (Å²) in [6.45, 7) is 3.07. The fraction of sp³-hybridized carbons (Fsp3) is 0.294. The van der Waals surface area contributed by atoms with Crippen molar-refractivity contribution in [3.8, 4) is 22.6 Å². The summed E-state index contributed by atoms with van der Waals surface area (Å²) in [5.41, 5.74) is 6.96. The molecule has 3 aromatic carbocycles. The Balaban J connectivity index is 1.22. The normalized spacial score (nSPS) is 12.7. The molecule has 2 aromatic heterocycles. The van der Waals surface area contributed by atoms with Gasteiger partial charge in [-0.1, -0.05) is 24.3 Å². The van der Waals surface area contributed by atoms with Gasteiger partial charge in [0.25, 0.3) is 0 Å². The predicted octanol–water partition coefficient (Wildman–Crippen LogP) is 5.70. The minimum absolute atomic E-state index is 0.142. The summed E-state index contributed by atoms with van der Waals surface area (Å²) in [6, 6.07) is 22.7. The van der Waals surface area contributed by atoms with Gasteiger partial charge in [0.15, 0.2) is 0 Å². The van der Waals surface area contributed by atoms with Gasteiger partial charge < -0.3 is 19.7 Å². The lowest BCUT2D eigenvalue weighted by Crippen LogP contribution is -2.34. The van der Waals surface area contributed by atoms with Crippen molar-refractivity contribution in [3.63, 3.8) is 0 Å². The first-order valence-corrected chi connectivity index (χ1v) is 14.5. The molecule has 1 fully saturated rings. The van der Waals surface area contributed by atoms with Gasteiger partial charge >= 0.3 is 0 Å². The van der Waals surface area contributed by atoms with Crippen molar-refractivity contribution in [3.05, 3.63) is 95.6 Å². The van der Waals surface area contributed by atoms with Crippen LogP contribution in [-0.2, 0) is 31.4 Å². The number of methoxy groups -OCH3 is 2. The number of aromatic nitrogens is 4. The van der Waals surface area contributed by atoms with Crippen LogP contribution in [-0.4, -0.2) is 50.8 Å². The molecule has 0 radical (unpaired) electrons. The SMILES string of the molecule is COc1ccc(CNc2ncnc3ccc(-c4cccc(CN(C(=O)Cc5cc(C)nn5C)C5CC5)c4)cc23)c(OC)c1. The monoisotopic (exact) mass is 576 g/mol. The highest BCUT2D eigenvalue weighted by atomic mass is 16.5. The number of nitrogens with zero attached hydrogens (tertiary/aromatic N) is 5. The van der Waals surface area contributed by atoms with E-state index in [9.17, 15) is 4.79 Å². The van der Waals surface area contributed by atoms with E-state index in [4.69, 9.17) is 9.47 Å². The summed E-state index contributed by atoms with van der Waals surface area (Å²) in [5, 5.41) is 8.80. The molecule has 0 spiro atoms. The third-order valence-electron chi connectivity index (χ3n) is 7.93. The Hall–Kier alpha value is -4.92. The number of hydrogen-bond acceptors (Lipinski definition) is 7.